The van der Waals surface area contributed by atoms with E-state index in [2.05, 4.69) is 15.3 Å². The van der Waals surface area contributed by atoms with Crippen molar-refractivity contribution in [3.63, 3.8) is 0 Å². The van der Waals surface area contributed by atoms with E-state index in [1.54, 1.807) is 23.7 Å². The number of hydrogen-bond acceptors (Lipinski definition) is 5. The quantitative estimate of drug-likeness (QED) is 0.476. The fourth-order valence-corrected chi connectivity index (χ4v) is 5.59. The molecule has 3 aromatic rings. The zero-order valence-electron chi connectivity index (χ0n) is 14.5. The molecule has 0 unspecified atom stereocenters. The summed E-state index contributed by atoms with van der Waals surface area (Å²) in [5.41, 5.74) is 3.12. The number of halogens is 1. The number of rotatable bonds is 4. The molecule has 0 bridgehead atoms. The molecular formula is C19H18ClN3OS2. The summed E-state index contributed by atoms with van der Waals surface area (Å²) in [6, 6.07) is 5.50. The first-order chi connectivity index (χ1) is 12.5. The molecule has 1 N–H and O–H groups in total. The monoisotopic (exact) mass is 403 g/mol. The van der Waals surface area contributed by atoms with Gasteiger partial charge >= 0.3 is 0 Å². The lowest BCUT2D eigenvalue weighted by molar-refractivity contribution is -0.115. The second-order valence-electron chi connectivity index (χ2n) is 6.42. The molecule has 4 rings (SSSR count). The largest absolute Gasteiger partial charge is 0.325 e. The highest BCUT2D eigenvalue weighted by Crippen LogP contribution is 2.41. The molecule has 1 aromatic carbocycles. The topological polar surface area (TPSA) is 54.9 Å². The summed E-state index contributed by atoms with van der Waals surface area (Å²) in [5.74, 6) is -0.0565. The Hall–Kier alpha value is -1.63. The van der Waals surface area contributed by atoms with Crippen LogP contribution in [0.15, 0.2) is 29.6 Å². The van der Waals surface area contributed by atoms with Crippen molar-refractivity contribution in [3.8, 4) is 0 Å². The summed E-state index contributed by atoms with van der Waals surface area (Å²) < 4.78 is 0. The number of anilines is 1. The smallest absolute Gasteiger partial charge is 0.237 e. The average molecular weight is 404 g/mol. The number of carbonyl (C=O) groups excluding carboxylic acids is 1. The SMILES string of the molecule is Cc1ccc(Cl)cc1NC(=O)[C@@H](C)Sc1ncnc2sc3c(c12)CCC3. The number of nitrogens with one attached hydrogen (secondary N) is 1. The number of thiophene rings is 1. The van der Waals surface area contributed by atoms with E-state index in [1.165, 1.54) is 28.6 Å². The number of benzene rings is 1. The molecule has 0 radical (unpaired) electrons. The molecule has 1 aliphatic rings. The molecule has 0 saturated heterocycles. The third-order valence-corrected chi connectivity index (χ3v) is 7.12. The van der Waals surface area contributed by atoms with E-state index in [1.807, 2.05) is 26.0 Å². The second kappa shape index (κ2) is 7.18. The van der Waals surface area contributed by atoms with Crippen LogP contribution in [0, 0.1) is 6.92 Å². The van der Waals surface area contributed by atoms with Crippen molar-refractivity contribution in [1.82, 2.24) is 9.97 Å². The van der Waals surface area contributed by atoms with E-state index in [4.69, 9.17) is 11.6 Å². The van der Waals surface area contributed by atoms with Gasteiger partial charge in [-0.05, 0) is 56.4 Å². The summed E-state index contributed by atoms with van der Waals surface area (Å²) >= 11 is 9.30. The van der Waals surface area contributed by atoms with E-state index in [0.717, 1.165) is 39.3 Å². The van der Waals surface area contributed by atoms with Crippen molar-refractivity contribution in [2.24, 2.45) is 0 Å². The fraction of sp³-hybridized carbons (Fsp3) is 0.316. The summed E-state index contributed by atoms with van der Waals surface area (Å²) in [6.45, 7) is 3.85. The van der Waals surface area contributed by atoms with Gasteiger partial charge in [0.15, 0.2) is 0 Å². The van der Waals surface area contributed by atoms with E-state index >= 15 is 0 Å². The Morgan fingerprint density at radius 2 is 2.19 bits per heavy atom. The van der Waals surface area contributed by atoms with Gasteiger partial charge in [-0.3, -0.25) is 4.79 Å². The molecule has 0 aliphatic heterocycles. The molecule has 0 saturated carbocycles. The highest BCUT2D eigenvalue weighted by molar-refractivity contribution is 8.00. The van der Waals surface area contributed by atoms with Gasteiger partial charge in [0, 0.05) is 21.0 Å². The van der Waals surface area contributed by atoms with Gasteiger partial charge in [0.05, 0.1) is 5.25 Å². The Labute approximate surface area is 165 Å². The van der Waals surface area contributed by atoms with Crippen molar-refractivity contribution in [2.75, 3.05) is 5.32 Å². The van der Waals surface area contributed by atoms with Crippen molar-refractivity contribution < 1.29 is 4.79 Å². The molecule has 1 amide bonds. The van der Waals surface area contributed by atoms with Crippen molar-refractivity contribution in [1.29, 1.82) is 0 Å². The third-order valence-electron chi connectivity index (χ3n) is 4.58. The average Bonchev–Trinajstić information content (AvgIpc) is 3.19. The molecule has 0 spiro atoms. The number of nitrogens with zero attached hydrogens (tertiary/aromatic N) is 2. The normalized spacial score (nSPS) is 14.4. The molecule has 1 atom stereocenters. The van der Waals surface area contributed by atoms with Crippen LogP contribution in [0.5, 0.6) is 0 Å². The molecular weight excluding hydrogens is 386 g/mol. The minimum atomic E-state index is -0.275. The lowest BCUT2D eigenvalue weighted by Crippen LogP contribution is -2.23. The van der Waals surface area contributed by atoms with E-state index in [9.17, 15) is 4.79 Å². The number of aromatic nitrogens is 2. The minimum Gasteiger partial charge on any atom is -0.325 e. The molecule has 7 heteroatoms. The lowest BCUT2D eigenvalue weighted by atomic mass is 10.2. The van der Waals surface area contributed by atoms with E-state index < -0.39 is 0 Å². The summed E-state index contributed by atoms with van der Waals surface area (Å²) in [6.07, 6.45) is 5.01. The number of hydrogen-bond donors (Lipinski definition) is 1. The van der Waals surface area contributed by atoms with Crippen LogP contribution in [0.4, 0.5) is 5.69 Å². The maximum atomic E-state index is 12.7. The van der Waals surface area contributed by atoms with Gasteiger partial charge in [0.25, 0.3) is 0 Å². The Morgan fingerprint density at radius 1 is 1.35 bits per heavy atom. The van der Waals surface area contributed by atoms with Gasteiger partial charge in [-0.1, -0.05) is 29.4 Å². The van der Waals surface area contributed by atoms with Gasteiger partial charge in [-0.25, -0.2) is 9.97 Å². The van der Waals surface area contributed by atoms with E-state index in [-0.39, 0.29) is 11.2 Å². The fourth-order valence-electron chi connectivity index (χ4n) is 3.17. The number of carbonyl (C=O) groups is 1. The molecule has 134 valence electrons. The summed E-state index contributed by atoms with van der Waals surface area (Å²) in [5, 5.41) is 5.36. The first-order valence-electron chi connectivity index (χ1n) is 8.52. The lowest BCUT2D eigenvalue weighted by Gasteiger charge is -2.14. The highest BCUT2D eigenvalue weighted by Gasteiger charge is 2.24. The number of fused-ring (bicyclic) bond motifs is 3. The standard InChI is InChI=1S/C19H18ClN3OS2/c1-10-6-7-12(20)8-14(10)23-17(24)11(2)25-18-16-13-4-3-5-15(13)26-19(16)22-9-21-18/h6-9,11H,3-5H2,1-2H3,(H,23,24)/t11-/m1/s1. The molecule has 2 aromatic heterocycles. The molecule has 4 nitrogen and oxygen atoms in total. The van der Waals surface area contributed by atoms with Crippen LogP contribution < -0.4 is 5.32 Å². The zero-order chi connectivity index (χ0) is 18.3. The minimum absolute atomic E-state index is 0.0565. The summed E-state index contributed by atoms with van der Waals surface area (Å²) in [4.78, 5) is 24.0. The van der Waals surface area contributed by atoms with Gasteiger partial charge in [-0.15, -0.1) is 11.3 Å². The Kier molecular flexibility index (Phi) is 4.90. The highest BCUT2D eigenvalue weighted by atomic mass is 35.5. The maximum Gasteiger partial charge on any atom is 0.237 e. The van der Waals surface area contributed by atoms with Crippen LogP contribution in [-0.4, -0.2) is 21.1 Å². The number of amides is 1. The van der Waals surface area contributed by atoms with Crippen molar-refractivity contribution in [3.05, 3.63) is 45.6 Å². The molecule has 26 heavy (non-hydrogen) atoms. The Balaban J connectivity index is 1.56. The first-order valence-corrected chi connectivity index (χ1v) is 10.6. The third kappa shape index (κ3) is 3.33. The van der Waals surface area contributed by atoms with Gasteiger partial charge in [-0.2, -0.15) is 0 Å². The predicted molar refractivity (Wildman–Crippen MR) is 110 cm³/mol. The van der Waals surface area contributed by atoms with Crippen LogP contribution >= 0.6 is 34.7 Å². The van der Waals surface area contributed by atoms with Crippen molar-refractivity contribution >= 4 is 56.5 Å². The number of aryl methyl sites for hydroxylation is 3. The van der Waals surface area contributed by atoms with Crippen LogP contribution in [0.3, 0.4) is 0 Å². The maximum absolute atomic E-state index is 12.7. The Bertz CT molecular complexity index is 1000. The van der Waals surface area contributed by atoms with E-state index in [0.29, 0.717) is 5.02 Å². The second-order valence-corrected chi connectivity index (χ2v) is 9.27. The van der Waals surface area contributed by atoms with Gasteiger partial charge in [0.1, 0.15) is 16.2 Å². The predicted octanol–water partition coefficient (Wildman–Crippen LogP) is 5.26. The Morgan fingerprint density at radius 3 is 3.04 bits per heavy atom. The molecule has 0 fully saturated rings. The first kappa shape index (κ1) is 17.8. The zero-order valence-corrected chi connectivity index (χ0v) is 16.9. The molecule has 1 aliphatic carbocycles. The van der Waals surface area contributed by atoms with Crippen LogP contribution in [-0.2, 0) is 17.6 Å². The summed E-state index contributed by atoms with van der Waals surface area (Å²) in [7, 11) is 0. The van der Waals surface area contributed by atoms with Gasteiger partial charge in [0.2, 0.25) is 5.91 Å². The molecule has 2 heterocycles. The van der Waals surface area contributed by atoms with Crippen LogP contribution in [0.1, 0.15) is 29.3 Å². The van der Waals surface area contributed by atoms with Crippen LogP contribution in [0.25, 0.3) is 10.2 Å². The van der Waals surface area contributed by atoms with Crippen molar-refractivity contribution in [2.45, 2.75) is 43.4 Å². The number of thioether (sulfide) groups is 1. The van der Waals surface area contributed by atoms with Gasteiger partial charge < -0.3 is 5.32 Å². The van der Waals surface area contributed by atoms with Crippen LogP contribution in [0.2, 0.25) is 5.02 Å².